The molecule has 1 aromatic carbocycles. The number of nitrogens with zero attached hydrogens (tertiary/aromatic N) is 3. The Kier molecular flexibility index (Phi) is 4.08. The van der Waals surface area contributed by atoms with Crippen LogP contribution in [0.25, 0.3) is 11.2 Å². The molecular formula is C18H17N5O3. The summed E-state index contributed by atoms with van der Waals surface area (Å²) in [6.45, 7) is 1.52. The molecule has 4 rings (SSSR count). The lowest BCUT2D eigenvalue weighted by atomic mass is 10.1. The molecule has 0 spiro atoms. The highest BCUT2D eigenvalue weighted by Crippen LogP contribution is 2.23. The topological polar surface area (TPSA) is 110 Å². The second-order valence-corrected chi connectivity index (χ2v) is 6.20. The van der Waals surface area contributed by atoms with E-state index in [2.05, 4.69) is 25.3 Å². The maximum Gasteiger partial charge on any atom is 0.338 e. The lowest BCUT2D eigenvalue weighted by Gasteiger charge is -2.13. The van der Waals surface area contributed by atoms with Crippen LogP contribution in [0.2, 0.25) is 0 Å². The number of nitrogens with one attached hydrogen (secondary N) is 2. The lowest BCUT2D eigenvalue weighted by Crippen LogP contribution is -2.30. The van der Waals surface area contributed by atoms with Gasteiger partial charge in [-0.3, -0.25) is 4.79 Å². The van der Waals surface area contributed by atoms with Gasteiger partial charge in [0.1, 0.15) is 11.8 Å². The standard InChI is InChI=1S/C18H17N5O3/c1-10(17(24)23-16-14-15(20-8-19-14)21-9-22-16)26-18(25)13-6-5-11-3-2-4-12(11)7-13/h5-10H,2-4H2,1H3,(H2,19,20,21,22,23,24). The number of hydrogen-bond donors (Lipinski definition) is 2. The van der Waals surface area contributed by atoms with Gasteiger partial charge >= 0.3 is 5.97 Å². The highest BCUT2D eigenvalue weighted by Gasteiger charge is 2.22. The fourth-order valence-corrected chi connectivity index (χ4v) is 3.06. The number of rotatable bonds is 4. The van der Waals surface area contributed by atoms with E-state index in [1.807, 2.05) is 12.1 Å². The fraction of sp³-hybridized carbons (Fsp3) is 0.278. The molecule has 132 valence electrons. The van der Waals surface area contributed by atoms with Crippen molar-refractivity contribution in [3.63, 3.8) is 0 Å². The number of ether oxygens (including phenoxy) is 1. The Morgan fingerprint density at radius 2 is 2.04 bits per heavy atom. The normalized spacial score (nSPS) is 14.0. The van der Waals surface area contributed by atoms with Crippen molar-refractivity contribution < 1.29 is 14.3 Å². The summed E-state index contributed by atoms with van der Waals surface area (Å²) in [7, 11) is 0. The molecule has 1 amide bonds. The van der Waals surface area contributed by atoms with Crippen LogP contribution < -0.4 is 5.32 Å². The van der Waals surface area contributed by atoms with Gasteiger partial charge in [-0.05, 0) is 49.4 Å². The number of carbonyl (C=O) groups excluding carboxylic acids is 2. The minimum absolute atomic E-state index is 0.290. The molecule has 2 heterocycles. The van der Waals surface area contributed by atoms with Crippen LogP contribution >= 0.6 is 0 Å². The second-order valence-electron chi connectivity index (χ2n) is 6.20. The Morgan fingerprint density at radius 3 is 2.92 bits per heavy atom. The average Bonchev–Trinajstić information content (AvgIpc) is 3.30. The summed E-state index contributed by atoms with van der Waals surface area (Å²) in [6.07, 6.45) is 4.92. The summed E-state index contributed by atoms with van der Waals surface area (Å²) in [5.41, 5.74) is 3.87. The molecule has 8 nitrogen and oxygen atoms in total. The van der Waals surface area contributed by atoms with Crippen molar-refractivity contribution in [2.45, 2.75) is 32.3 Å². The van der Waals surface area contributed by atoms with Gasteiger partial charge < -0.3 is 15.0 Å². The van der Waals surface area contributed by atoms with E-state index in [-0.39, 0.29) is 5.82 Å². The van der Waals surface area contributed by atoms with E-state index in [4.69, 9.17) is 4.74 Å². The molecule has 1 aliphatic carbocycles. The molecule has 0 fully saturated rings. The van der Waals surface area contributed by atoms with E-state index in [1.54, 1.807) is 6.07 Å². The minimum atomic E-state index is -0.969. The summed E-state index contributed by atoms with van der Waals surface area (Å²) in [6, 6.07) is 5.56. The van der Waals surface area contributed by atoms with Crippen LogP contribution in [0.5, 0.6) is 0 Å². The van der Waals surface area contributed by atoms with Crippen molar-refractivity contribution in [3.8, 4) is 0 Å². The highest BCUT2D eigenvalue weighted by molar-refractivity contribution is 6.00. The molecule has 1 unspecified atom stereocenters. The highest BCUT2D eigenvalue weighted by atomic mass is 16.5. The number of hydrogen-bond acceptors (Lipinski definition) is 6. The number of imidazole rings is 1. The molecule has 2 aromatic heterocycles. The third-order valence-electron chi connectivity index (χ3n) is 4.45. The molecule has 26 heavy (non-hydrogen) atoms. The molecule has 2 N–H and O–H groups in total. The zero-order valence-corrected chi connectivity index (χ0v) is 14.2. The van der Waals surface area contributed by atoms with Gasteiger partial charge in [0.05, 0.1) is 11.9 Å². The zero-order chi connectivity index (χ0) is 18.1. The van der Waals surface area contributed by atoms with Crippen LogP contribution in [0.15, 0.2) is 30.9 Å². The van der Waals surface area contributed by atoms with Crippen molar-refractivity contribution in [3.05, 3.63) is 47.5 Å². The summed E-state index contributed by atoms with van der Waals surface area (Å²) in [5.74, 6) is -0.705. The molecule has 0 saturated heterocycles. The summed E-state index contributed by atoms with van der Waals surface area (Å²) in [5, 5.41) is 2.63. The van der Waals surface area contributed by atoms with Gasteiger partial charge in [-0.1, -0.05) is 6.07 Å². The summed E-state index contributed by atoms with van der Waals surface area (Å²) in [4.78, 5) is 39.6. The van der Waals surface area contributed by atoms with Gasteiger partial charge in [0.25, 0.3) is 5.91 Å². The van der Waals surface area contributed by atoms with Crippen molar-refractivity contribution in [1.82, 2.24) is 19.9 Å². The third kappa shape index (κ3) is 3.01. The molecule has 0 saturated carbocycles. The number of H-pyrrole nitrogens is 1. The Balaban J connectivity index is 1.44. The fourth-order valence-electron chi connectivity index (χ4n) is 3.06. The third-order valence-corrected chi connectivity index (χ3v) is 4.45. The van der Waals surface area contributed by atoms with E-state index in [0.717, 1.165) is 19.3 Å². The minimum Gasteiger partial charge on any atom is -0.449 e. The molecule has 3 aromatic rings. The molecule has 8 heteroatoms. The molecular weight excluding hydrogens is 334 g/mol. The monoisotopic (exact) mass is 351 g/mol. The van der Waals surface area contributed by atoms with Gasteiger partial charge in [-0.2, -0.15) is 0 Å². The van der Waals surface area contributed by atoms with E-state index in [0.29, 0.717) is 16.7 Å². The Hall–Kier alpha value is -3.29. The number of anilines is 1. The van der Waals surface area contributed by atoms with Crippen LogP contribution in [-0.2, 0) is 22.4 Å². The van der Waals surface area contributed by atoms with Crippen molar-refractivity contribution in [1.29, 1.82) is 0 Å². The predicted molar refractivity (Wildman–Crippen MR) is 93.7 cm³/mol. The average molecular weight is 351 g/mol. The first-order valence-corrected chi connectivity index (χ1v) is 8.39. The van der Waals surface area contributed by atoms with Gasteiger partial charge in [0.15, 0.2) is 17.6 Å². The van der Waals surface area contributed by atoms with Gasteiger partial charge in [-0.25, -0.2) is 19.7 Å². The maximum atomic E-state index is 12.3. The van der Waals surface area contributed by atoms with E-state index in [1.165, 1.54) is 30.7 Å². The number of aromatic amines is 1. The summed E-state index contributed by atoms with van der Waals surface area (Å²) >= 11 is 0. The van der Waals surface area contributed by atoms with E-state index < -0.39 is 18.0 Å². The maximum absolute atomic E-state index is 12.3. The Bertz CT molecular complexity index is 997. The van der Waals surface area contributed by atoms with Crippen LogP contribution in [0.1, 0.15) is 34.8 Å². The number of aromatic nitrogens is 4. The van der Waals surface area contributed by atoms with Crippen molar-refractivity contribution in [2.24, 2.45) is 0 Å². The number of fused-ring (bicyclic) bond motifs is 2. The van der Waals surface area contributed by atoms with Crippen LogP contribution in [0.4, 0.5) is 5.82 Å². The van der Waals surface area contributed by atoms with Crippen LogP contribution in [0.3, 0.4) is 0 Å². The van der Waals surface area contributed by atoms with Gasteiger partial charge in [0.2, 0.25) is 0 Å². The number of esters is 1. The van der Waals surface area contributed by atoms with E-state index >= 15 is 0 Å². The predicted octanol–water partition coefficient (Wildman–Crippen LogP) is 2.03. The molecule has 0 radical (unpaired) electrons. The van der Waals surface area contributed by atoms with Gasteiger partial charge in [-0.15, -0.1) is 0 Å². The summed E-state index contributed by atoms with van der Waals surface area (Å²) < 4.78 is 5.30. The first-order valence-electron chi connectivity index (χ1n) is 8.39. The number of benzene rings is 1. The first-order chi connectivity index (χ1) is 12.6. The second kappa shape index (κ2) is 6.55. The lowest BCUT2D eigenvalue weighted by molar-refractivity contribution is -0.123. The quantitative estimate of drug-likeness (QED) is 0.696. The molecule has 1 aliphatic rings. The van der Waals surface area contributed by atoms with Crippen LogP contribution in [0, 0.1) is 0 Å². The Morgan fingerprint density at radius 1 is 1.19 bits per heavy atom. The largest absolute Gasteiger partial charge is 0.449 e. The van der Waals surface area contributed by atoms with Crippen molar-refractivity contribution >= 4 is 28.9 Å². The van der Waals surface area contributed by atoms with Gasteiger partial charge in [0, 0.05) is 0 Å². The van der Waals surface area contributed by atoms with E-state index in [9.17, 15) is 9.59 Å². The zero-order valence-electron chi connectivity index (χ0n) is 14.2. The number of carbonyl (C=O) groups is 2. The van der Waals surface area contributed by atoms with Crippen LogP contribution in [-0.4, -0.2) is 37.9 Å². The SMILES string of the molecule is CC(OC(=O)c1ccc2c(c1)CCC2)C(=O)Nc1ncnc2nc[nH]c12. The molecule has 1 atom stereocenters. The van der Waals surface area contributed by atoms with Crippen molar-refractivity contribution in [2.75, 3.05) is 5.32 Å². The Labute approximate surface area is 149 Å². The number of aryl methyl sites for hydroxylation is 2. The molecule has 0 aliphatic heterocycles. The number of amides is 1. The smallest absolute Gasteiger partial charge is 0.338 e. The molecule has 0 bridgehead atoms. The first kappa shape index (κ1) is 16.2.